The second-order valence-corrected chi connectivity index (χ2v) is 4.06. The number of fused-ring (bicyclic) bond motifs is 1. The number of oxazole rings is 1. The first-order valence-electron chi connectivity index (χ1n) is 5.51. The Kier molecular flexibility index (Phi) is 2.73. The lowest BCUT2D eigenvalue weighted by Crippen LogP contribution is -2.28. The van der Waals surface area contributed by atoms with Crippen molar-refractivity contribution in [1.82, 2.24) is 4.98 Å². The van der Waals surface area contributed by atoms with Gasteiger partial charge in [-0.15, -0.1) is 0 Å². The first-order chi connectivity index (χ1) is 7.63. The van der Waals surface area contributed by atoms with Gasteiger partial charge in [0, 0.05) is 13.1 Å². The zero-order valence-electron chi connectivity index (χ0n) is 9.90. The fourth-order valence-corrected chi connectivity index (χ4v) is 1.57. The molecule has 4 heteroatoms. The highest BCUT2D eigenvalue weighted by Gasteiger charge is 2.15. The van der Waals surface area contributed by atoms with Gasteiger partial charge in [-0.3, -0.25) is 0 Å². The smallest absolute Gasteiger partial charge is 0.298 e. The zero-order valence-corrected chi connectivity index (χ0v) is 9.90. The van der Waals surface area contributed by atoms with Gasteiger partial charge in [-0.05, 0) is 25.5 Å². The van der Waals surface area contributed by atoms with Crippen LogP contribution in [0.15, 0.2) is 22.6 Å². The van der Waals surface area contributed by atoms with E-state index in [-0.39, 0.29) is 0 Å². The number of hydrogen-bond donors (Lipinski definition) is 1. The van der Waals surface area contributed by atoms with Crippen LogP contribution in [0.2, 0.25) is 0 Å². The second-order valence-electron chi connectivity index (χ2n) is 4.06. The van der Waals surface area contributed by atoms with Crippen LogP contribution in [-0.4, -0.2) is 18.1 Å². The van der Waals surface area contributed by atoms with Crippen LogP contribution < -0.4 is 10.6 Å². The van der Waals surface area contributed by atoms with E-state index < -0.39 is 0 Å². The maximum Gasteiger partial charge on any atom is 0.298 e. The predicted octanol–water partition coefficient (Wildman–Crippen LogP) is 2.64. The first kappa shape index (κ1) is 10.8. The quantitative estimate of drug-likeness (QED) is 0.806. The maximum atomic E-state index is 5.84. The van der Waals surface area contributed by atoms with E-state index in [2.05, 4.69) is 18.8 Å². The molecule has 2 N–H and O–H groups in total. The van der Waals surface area contributed by atoms with Crippen molar-refractivity contribution in [2.75, 3.05) is 17.7 Å². The lowest BCUT2D eigenvalue weighted by Gasteiger charge is -2.21. The van der Waals surface area contributed by atoms with Gasteiger partial charge < -0.3 is 15.1 Å². The van der Waals surface area contributed by atoms with E-state index in [0.717, 1.165) is 17.5 Å². The van der Waals surface area contributed by atoms with Crippen molar-refractivity contribution in [3.8, 4) is 0 Å². The fraction of sp³-hybridized carbons (Fsp3) is 0.417. The minimum atomic E-state index is 0.397. The summed E-state index contributed by atoms with van der Waals surface area (Å²) in [4.78, 5) is 6.44. The number of nitrogens with two attached hydrogens (primary N) is 1. The standard InChI is InChI=1S/C12H17N3O/c1-4-8(2)15(3)12-14-11-9(13)6-5-7-10(11)16-12/h5-8H,4,13H2,1-3H3. The largest absolute Gasteiger partial charge is 0.423 e. The number of aromatic nitrogens is 1. The summed E-state index contributed by atoms with van der Waals surface area (Å²) in [6.45, 7) is 4.27. The lowest BCUT2D eigenvalue weighted by atomic mass is 10.2. The highest BCUT2D eigenvalue weighted by atomic mass is 16.4. The van der Waals surface area contributed by atoms with Crippen molar-refractivity contribution in [3.05, 3.63) is 18.2 Å². The Hall–Kier alpha value is -1.71. The van der Waals surface area contributed by atoms with E-state index in [9.17, 15) is 0 Å². The Morgan fingerprint density at radius 3 is 2.88 bits per heavy atom. The molecule has 0 spiro atoms. The zero-order chi connectivity index (χ0) is 11.7. The molecule has 1 unspecified atom stereocenters. The molecule has 0 saturated heterocycles. The maximum absolute atomic E-state index is 5.84. The van der Waals surface area contributed by atoms with Crippen LogP contribution >= 0.6 is 0 Å². The summed E-state index contributed by atoms with van der Waals surface area (Å²) in [5, 5.41) is 0. The van der Waals surface area contributed by atoms with E-state index in [1.165, 1.54) is 0 Å². The topological polar surface area (TPSA) is 55.3 Å². The summed E-state index contributed by atoms with van der Waals surface area (Å²) in [5.41, 5.74) is 7.98. The molecule has 0 radical (unpaired) electrons. The van der Waals surface area contributed by atoms with E-state index in [1.807, 2.05) is 30.1 Å². The number of anilines is 2. The van der Waals surface area contributed by atoms with Gasteiger partial charge in [0.25, 0.3) is 6.01 Å². The van der Waals surface area contributed by atoms with Crippen LogP contribution in [0.25, 0.3) is 11.1 Å². The van der Waals surface area contributed by atoms with Crippen LogP contribution in [0.3, 0.4) is 0 Å². The summed E-state index contributed by atoms with van der Waals surface area (Å²) >= 11 is 0. The van der Waals surface area contributed by atoms with E-state index in [0.29, 0.717) is 17.7 Å². The molecular weight excluding hydrogens is 202 g/mol. The third kappa shape index (κ3) is 1.71. The van der Waals surface area contributed by atoms with Crippen LogP contribution in [-0.2, 0) is 0 Å². The van der Waals surface area contributed by atoms with Crippen molar-refractivity contribution < 1.29 is 4.42 Å². The molecule has 1 atom stereocenters. The molecule has 0 amide bonds. The molecule has 0 bridgehead atoms. The summed E-state index contributed by atoms with van der Waals surface area (Å²) in [6, 6.07) is 6.61. The fourth-order valence-electron chi connectivity index (χ4n) is 1.57. The highest BCUT2D eigenvalue weighted by molar-refractivity contribution is 5.86. The number of hydrogen-bond acceptors (Lipinski definition) is 4. The molecule has 0 aliphatic rings. The Balaban J connectivity index is 2.43. The molecule has 0 aliphatic carbocycles. The van der Waals surface area contributed by atoms with Crippen molar-refractivity contribution in [2.45, 2.75) is 26.3 Å². The number of rotatable bonds is 3. The first-order valence-corrected chi connectivity index (χ1v) is 5.51. The number of nitrogen functional groups attached to an aromatic ring is 1. The number of benzene rings is 1. The number of nitrogens with zero attached hydrogens (tertiary/aromatic N) is 2. The Labute approximate surface area is 95.1 Å². The molecule has 1 heterocycles. The molecular formula is C12H17N3O. The van der Waals surface area contributed by atoms with Crippen molar-refractivity contribution in [2.24, 2.45) is 0 Å². The summed E-state index contributed by atoms with van der Waals surface area (Å²) < 4.78 is 5.67. The molecule has 2 rings (SSSR count). The van der Waals surface area contributed by atoms with E-state index >= 15 is 0 Å². The second kappa shape index (κ2) is 4.04. The van der Waals surface area contributed by atoms with Crippen LogP contribution in [0.4, 0.5) is 11.7 Å². The van der Waals surface area contributed by atoms with Crippen molar-refractivity contribution in [3.63, 3.8) is 0 Å². The highest BCUT2D eigenvalue weighted by Crippen LogP contribution is 2.26. The molecule has 1 aromatic heterocycles. The van der Waals surface area contributed by atoms with Gasteiger partial charge in [-0.1, -0.05) is 13.0 Å². The van der Waals surface area contributed by atoms with Gasteiger partial charge in [-0.2, -0.15) is 4.98 Å². The third-order valence-corrected chi connectivity index (χ3v) is 2.99. The SMILES string of the molecule is CCC(C)N(C)c1nc2c(N)cccc2o1. The summed E-state index contributed by atoms with van der Waals surface area (Å²) in [5.74, 6) is 0. The Morgan fingerprint density at radius 1 is 1.50 bits per heavy atom. The number of para-hydroxylation sites is 1. The molecule has 16 heavy (non-hydrogen) atoms. The van der Waals surface area contributed by atoms with Crippen molar-refractivity contribution >= 4 is 22.8 Å². The Bertz CT molecular complexity index is 492. The van der Waals surface area contributed by atoms with Crippen LogP contribution in [0.1, 0.15) is 20.3 Å². The van der Waals surface area contributed by atoms with Gasteiger partial charge in [0.05, 0.1) is 5.69 Å². The van der Waals surface area contributed by atoms with Gasteiger partial charge in [0.15, 0.2) is 5.58 Å². The summed E-state index contributed by atoms with van der Waals surface area (Å²) in [6.07, 6.45) is 1.05. The molecule has 0 aliphatic heterocycles. The average Bonchev–Trinajstić information content (AvgIpc) is 2.72. The minimum Gasteiger partial charge on any atom is -0.423 e. The van der Waals surface area contributed by atoms with Crippen molar-refractivity contribution in [1.29, 1.82) is 0 Å². The van der Waals surface area contributed by atoms with Gasteiger partial charge in [0.1, 0.15) is 5.52 Å². The molecule has 0 saturated carbocycles. The van der Waals surface area contributed by atoms with Gasteiger partial charge in [-0.25, -0.2) is 0 Å². The Morgan fingerprint density at radius 2 is 2.25 bits per heavy atom. The van der Waals surface area contributed by atoms with Crippen LogP contribution in [0, 0.1) is 0 Å². The minimum absolute atomic E-state index is 0.397. The van der Waals surface area contributed by atoms with E-state index in [4.69, 9.17) is 10.2 Å². The average molecular weight is 219 g/mol. The normalized spacial score (nSPS) is 12.9. The molecule has 0 fully saturated rings. The predicted molar refractivity (Wildman–Crippen MR) is 66.6 cm³/mol. The lowest BCUT2D eigenvalue weighted by molar-refractivity contribution is 0.542. The van der Waals surface area contributed by atoms with Gasteiger partial charge >= 0.3 is 0 Å². The van der Waals surface area contributed by atoms with E-state index in [1.54, 1.807) is 0 Å². The molecule has 1 aromatic carbocycles. The monoisotopic (exact) mass is 219 g/mol. The molecule has 86 valence electrons. The molecule has 2 aromatic rings. The van der Waals surface area contributed by atoms with Crippen LogP contribution in [0.5, 0.6) is 0 Å². The van der Waals surface area contributed by atoms with Gasteiger partial charge in [0.2, 0.25) is 0 Å². The summed E-state index contributed by atoms with van der Waals surface area (Å²) in [7, 11) is 1.98. The molecule has 4 nitrogen and oxygen atoms in total. The third-order valence-electron chi connectivity index (χ3n) is 2.99.